The molecule has 0 unspecified atom stereocenters. The molecule has 0 radical (unpaired) electrons. The number of nitrogens with one attached hydrogen (secondary N) is 1. The van der Waals surface area contributed by atoms with E-state index < -0.39 is 0 Å². The molecular weight excluding hydrogens is 218 g/mol. The Labute approximate surface area is 97.5 Å². The third-order valence-electron chi connectivity index (χ3n) is 2.51. The van der Waals surface area contributed by atoms with Crippen LogP contribution in [-0.2, 0) is 4.79 Å². The first kappa shape index (κ1) is 9.77. The average Bonchev–Trinajstić information content (AvgIpc) is 2.39. The van der Waals surface area contributed by atoms with E-state index in [1.165, 1.54) is 6.33 Å². The van der Waals surface area contributed by atoms with Crippen LogP contribution >= 0.6 is 0 Å². The molecule has 5 heteroatoms. The number of anilines is 1. The van der Waals surface area contributed by atoms with E-state index in [1.54, 1.807) is 12.4 Å². The van der Waals surface area contributed by atoms with Gasteiger partial charge in [-0.3, -0.25) is 4.79 Å². The standard InChI is InChI=1S/C12H9N3O2/c16-12-6-17-11-2-1-8(3-10(11)15-12)9-4-13-7-14-5-9/h1-5,7H,6H2,(H,15,16). The molecule has 84 valence electrons. The van der Waals surface area contributed by atoms with E-state index in [2.05, 4.69) is 15.3 Å². The Morgan fingerprint density at radius 2 is 2.00 bits per heavy atom. The maximum absolute atomic E-state index is 11.2. The monoisotopic (exact) mass is 227 g/mol. The quantitative estimate of drug-likeness (QED) is 0.801. The Bertz CT molecular complexity index is 569. The summed E-state index contributed by atoms with van der Waals surface area (Å²) in [6.07, 6.45) is 4.92. The summed E-state index contributed by atoms with van der Waals surface area (Å²) in [5.41, 5.74) is 2.52. The van der Waals surface area contributed by atoms with E-state index in [4.69, 9.17) is 4.74 Å². The minimum absolute atomic E-state index is 0.0702. The first-order valence-electron chi connectivity index (χ1n) is 5.15. The summed E-state index contributed by atoms with van der Waals surface area (Å²) >= 11 is 0. The number of hydrogen-bond donors (Lipinski definition) is 1. The van der Waals surface area contributed by atoms with Gasteiger partial charge in [-0.15, -0.1) is 0 Å². The van der Waals surface area contributed by atoms with Crippen molar-refractivity contribution in [1.29, 1.82) is 0 Å². The second kappa shape index (κ2) is 3.86. The summed E-state index contributed by atoms with van der Waals surface area (Å²) in [6, 6.07) is 5.59. The predicted molar refractivity (Wildman–Crippen MR) is 61.6 cm³/mol. The topological polar surface area (TPSA) is 64.1 Å². The Kier molecular flexibility index (Phi) is 2.22. The Balaban J connectivity index is 2.04. The van der Waals surface area contributed by atoms with Gasteiger partial charge in [-0.05, 0) is 17.7 Å². The summed E-state index contributed by atoms with van der Waals surface area (Å²) in [6.45, 7) is 0.0702. The number of aromatic nitrogens is 2. The number of hydrogen-bond acceptors (Lipinski definition) is 4. The zero-order valence-corrected chi connectivity index (χ0v) is 8.88. The molecule has 5 nitrogen and oxygen atoms in total. The first-order valence-corrected chi connectivity index (χ1v) is 5.15. The molecule has 0 spiro atoms. The normalized spacial score (nSPS) is 13.5. The number of fused-ring (bicyclic) bond motifs is 1. The van der Waals surface area contributed by atoms with Gasteiger partial charge in [0.05, 0.1) is 5.69 Å². The van der Waals surface area contributed by atoms with Gasteiger partial charge in [0.1, 0.15) is 12.1 Å². The van der Waals surface area contributed by atoms with E-state index >= 15 is 0 Å². The maximum atomic E-state index is 11.2. The van der Waals surface area contributed by atoms with Gasteiger partial charge in [-0.25, -0.2) is 9.97 Å². The molecule has 0 saturated carbocycles. The third kappa shape index (κ3) is 1.82. The molecule has 0 saturated heterocycles. The van der Waals surface area contributed by atoms with Gasteiger partial charge in [0.15, 0.2) is 6.61 Å². The zero-order valence-electron chi connectivity index (χ0n) is 8.88. The lowest BCUT2D eigenvalue weighted by molar-refractivity contribution is -0.118. The molecule has 2 aromatic rings. The lowest BCUT2D eigenvalue weighted by Crippen LogP contribution is -2.25. The minimum Gasteiger partial charge on any atom is -0.482 e. The molecular formula is C12H9N3O2. The lowest BCUT2D eigenvalue weighted by atomic mass is 10.1. The largest absolute Gasteiger partial charge is 0.482 e. The second-order valence-electron chi connectivity index (χ2n) is 3.67. The summed E-state index contributed by atoms with van der Waals surface area (Å²) < 4.78 is 5.28. The van der Waals surface area contributed by atoms with Crippen molar-refractivity contribution in [2.45, 2.75) is 0 Å². The van der Waals surface area contributed by atoms with Crippen LogP contribution in [-0.4, -0.2) is 22.5 Å². The molecule has 0 aliphatic carbocycles. The van der Waals surface area contributed by atoms with Gasteiger partial charge in [0.25, 0.3) is 5.91 Å². The van der Waals surface area contributed by atoms with Crippen molar-refractivity contribution < 1.29 is 9.53 Å². The molecule has 1 aromatic carbocycles. The van der Waals surface area contributed by atoms with Gasteiger partial charge < -0.3 is 10.1 Å². The highest BCUT2D eigenvalue weighted by Crippen LogP contribution is 2.31. The van der Waals surface area contributed by atoms with Gasteiger partial charge in [-0.2, -0.15) is 0 Å². The summed E-state index contributed by atoms with van der Waals surface area (Å²) in [7, 11) is 0. The van der Waals surface area contributed by atoms with E-state index in [1.807, 2.05) is 18.2 Å². The average molecular weight is 227 g/mol. The fraction of sp³-hybridized carbons (Fsp3) is 0.0833. The Morgan fingerprint density at radius 1 is 1.18 bits per heavy atom. The van der Waals surface area contributed by atoms with E-state index in [9.17, 15) is 4.79 Å². The summed E-state index contributed by atoms with van der Waals surface area (Å²) in [4.78, 5) is 19.1. The van der Waals surface area contributed by atoms with Crippen LogP contribution in [0.5, 0.6) is 5.75 Å². The Hall–Kier alpha value is -2.43. The summed E-state index contributed by atoms with van der Waals surface area (Å²) in [5.74, 6) is 0.546. The van der Waals surface area contributed by atoms with Gasteiger partial charge >= 0.3 is 0 Å². The van der Waals surface area contributed by atoms with Crippen molar-refractivity contribution in [3.8, 4) is 16.9 Å². The second-order valence-corrected chi connectivity index (χ2v) is 3.67. The van der Waals surface area contributed by atoms with Gasteiger partial charge in [0, 0.05) is 18.0 Å². The maximum Gasteiger partial charge on any atom is 0.262 e. The zero-order chi connectivity index (χ0) is 11.7. The number of carbonyl (C=O) groups excluding carboxylic acids is 1. The highest BCUT2D eigenvalue weighted by atomic mass is 16.5. The number of ether oxygens (including phenoxy) is 1. The van der Waals surface area contributed by atoms with Crippen molar-refractivity contribution in [1.82, 2.24) is 9.97 Å². The highest BCUT2D eigenvalue weighted by Gasteiger charge is 2.16. The molecule has 1 aliphatic rings. The van der Waals surface area contributed by atoms with Crippen molar-refractivity contribution in [2.75, 3.05) is 11.9 Å². The van der Waals surface area contributed by atoms with Crippen LogP contribution < -0.4 is 10.1 Å². The van der Waals surface area contributed by atoms with Gasteiger partial charge in [-0.1, -0.05) is 6.07 Å². The number of rotatable bonds is 1. The van der Waals surface area contributed by atoms with E-state index in [-0.39, 0.29) is 12.5 Å². The van der Waals surface area contributed by atoms with Crippen molar-refractivity contribution in [2.24, 2.45) is 0 Å². The van der Waals surface area contributed by atoms with Crippen molar-refractivity contribution in [3.63, 3.8) is 0 Å². The molecule has 0 bridgehead atoms. The molecule has 3 rings (SSSR count). The summed E-state index contributed by atoms with van der Waals surface area (Å²) in [5, 5.41) is 2.77. The molecule has 1 aromatic heterocycles. The number of benzene rings is 1. The molecule has 0 atom stereocenters. The number of nitrogens with zero attached hydrogens (tertiary/aromatic N) is 2. The van der Waals surface area contributed by atoms with Crippen LogP contribution in [0.3, 0.4) is 0 Å². The van der Waals surface area contributed by atoms with Crippen LogP contribution in [0, 0.1) is 0 Å². The smallest absolute Gasteiger partial charge is 0.262 e. The molecule has 1 N–H and O–H groups in total. The number of amides is 1. The molecule has 2 heterocycles. The Morgan fingerprint density at radius 3 is 2.82 bits per heavy atom. The van der Waals surface area contributed by atoms with Crippen LogP contribution in [0.2, 0.25) is 0 Å². The van der Waals surface area contributed by atoms with Crippen molar-refractivity contribution in [3.05, 3.63) is 36.9 Å². The van der Waals surface area contributed by atoms with Gasteiger partial charge in [0.2, 0.25) is 0 Å². The van der Waals surface area contributed by atoms with Crippen LogP contribution in [0.15, 0.2) is 36.9 Å². The van der Waals surface area contributed by atoms with Crippen LogP contribution in [0.25, 0.3) is 11.1 Å². The fourth-order valence-corrected chi connectivity index (χ4v) is 1.71. The number of carbonyl (C=O) groups is 1. The van der Waals surface area contributed by atoms with E-state index in [0.29, 0.717) is 11.4 Å². The third-order valence-corrected chi connectivity index (χ3v) is 2.51. The van der Waals surface area contributed by atoms with Crippen LogP contribution in [0.1, 0.15) is 0 Å². The first-order chi connectivity index (χ1) is 8.33. The van der Waals surface area contributed by atoms with E-state index in [0.717, 1.165) is 11.1 Å². The minimum atomic E-state index is -0.140. The molecule has 0 fully saturated rings. The van der Waals surface area contributed by atoms with Crippen LogP contribution in [0.4, 0.5) is 5.69 Å². The predicted octanol–water partition coefficient (Wildman–Crippen LogP) is 1.47. The fourth-order valence-electron chi connectivity index (χ4n) is 1.71. The SMILES string of the molecule is O=C1COc2ccc(-c3cncnc3)cc2N1. The molecule has 17 heavy (non-hydrogen) atoms. The molecule has 1 aliphatic heterocycles. The lowest BCUT2D eigenvalue weighted by Gasteiger charge is -2.18. The molecule has 1 amide bonds. The van der Waals surface area contributed by atoms with Crippen molar-refractivity contribution >= 4 is 11.6 Å². The highest BCUT2D eigenvalue weighted by molar-refractivity contribution is 5.96.